The number of rotatable bonds is 10. The molecule has 1 aliphatic rings. The molecule has 25 heavy (non-hydrogen) atoms. The summed E-state index contributed by atoms with van der Waals surface area (Å²) in [4.78, 5) is 20.1. The Balaban J connectivity index is 2.43. The van der Waals surface area contributed by atoms with Crippen molar-refractivity contribution in [3.05, 3.63) is 0 Å². The molecule has 0 saturated heterocycles. The second-order valence-electron chi connectivity index (χ2n) is 7.01. The fraction of sp³-hybridized carbons (Fsp3) is 0.889. The zero-order valence-corrected chi connectivity index (χ0v) is 16.5. The number of guanidine groups is 1. The van der Waals surface area contributed by atoms with Gasteiger partial charge in [0, 0.05) is 53.5 Å². The number of hydrogen-bond acceptors (Lipinski definition) is 4. The van der Waals surface area contributed by atoms with E-state index in [0.717, 1.165) is 38.6 Å². The van der Waals surface area contributed by atoms with E-state index in [1.165, 1.54) is 32.1 Å². The number of nitrogens with zero attached hydrogens (tertiary/aromatic N) is 3. The Bertz CT molecular complexity index is 395. The van der Waals surface area contributed by atoms with Gasteiger partial charge in [0.1, 0.15) is 6.54 Å². The van der Waals surface area contributed by atoms with Crippen molar-refractivity contribution in [2.75, 3.05) is 61.0 Å². The van der Waals surface area contributed by atoms with Crippen LogP contribution in [0.5, 0.6) is 0 Å². The van der Waals surface area contributed by atoms with E-state index in [-0.39, 0.29) is 12.5 Å². The predicted octanol–water partition coefficient (Wildman–Crippen LogP) is 0.911. The van der Waals surface area contributed by atoms with Crippen molar-refractivity contribution >= 4 is 11.9 Å². The highest BCUT2D eigenvalue weighted by Gasteiger charge is 2.15. The van der Waals surface area contributed by atoms with E-state index in [9.17, 15) is 4.79 Å². The molecular formula is C18H37N5O2. The summed E-state index contributed by atoms with van der Waals surface area (Å²) in [6.07, 6.45) is 7.25. The second-order valence-corrected chi connectivity index (χ2v) is 7.01. The highest BCUT2D eigenvalue weighted by molar-refractivity contribution is 5.84. The molecule has 0 bridgehead atoms. The number of carbonyl (C=O) groups excluding carboxylic acids is 1. The van der Waals surface area contributed by atoms with Gasteiger partial charge in [-0.2, -0.15) is 0 Å². The largest absolute Gasteiger partial charge is 0.385 e. The van der Waals surface area contributed by atoms with Crippen LogP contribution < -0.4 is 10.6 Å². The van der Waals surface area contributed by atoms with E-state index in [4.69, 9.17) is 4.74 Å². The van der Waals surface area contributed by atoms with E-state index in [1.54, 1.807) is 26.1 Å². The quantitative estimate of drug-likeness (QED) is 0.346. The molecule has 0 aliphatic heterocycles. The summed E-state index contributed by atoms with van der Waals surface area (Å²) in [7, 11) is 7.36. The lowest BCUT2D eigenvalue weighted by molar-refractivity contribution is -0.127. The van der Waals surface area contributed by atoms with E-state index in [1.807, 2.05) is 0 Å². The molecule has 2 N–H and O–H groups in total. The highest BCUT2D eigenvalue weighted by atomic mass is 16.5. The molecule has 1 amide bonds. The monoisotopic (exact) mass is 355 g/mol. The third-order valence-corrected chi connectivity index (χ3v) is 4.49. The Kier molecular flexibility index (Phi) is 11.2. The van der Waals surface area contributed by atoms with Crippen molar-refractivity contribution < 1.29 is 9.53 Å². The van der Waals surface area contributed by atoms with Crippen LogP contribution in [0.3, 0.4) is 0 Å². The van der Waals surface area contributed by atoms with Gasteiger partial charge in [-0.25, -0.2) is 4.99 Å². The van der Waals surface area contributed by atoms with Crippen molar-refractivity contribution in [1.82, 2.24) is 20.4 Å². The van der Waals surface area contributed by atoms with Crippen molar-refractivity contribution in [2.24, 2.45) is 4.99 Å². The molecule has 7 heteroatoms. The van der Waals surface area contributed by atoms with Gasteiger partial charge in [-0.05, 0) is 26.3 Å². The van der Waals surface area contributed by atoms with Gasteiger partial charge >= 0.3 is 0 Å². The standard InChI is InChI=1S/C18H37N5O2/c1-22(2)17(24)15-20-18(21-16-9-6-5-7-10-16)19-11-13-23(3)12-8-14-25-4/h16H,5-15H2,1-4H3,(H2,19,20,21). The van der Waals surface area contributed by atoms with Crippen LogP contribution in [-0.2, 0) is 9.53 Å². The second kappa shape index (κ2) is 12.9. The van der Waals surface area contributed by atoms with Gasteiger partial charge < -0.3 is 25.2 Å². The van der Waals surface area contributed by atoms with Gasteiger partial charge in [0.25, 0.3) is 0 Å². The third kappa shape index (κ3) is 10.3. The zero-order chi connectivity index (χ0) is 18.5. The van der Waals surface area contributed by atoms with E-state index in [0.29, 0.717) is 6.04 Å². The van der Waals surface area contributed by atoms with Crippen LogP contribution in [-0.4, -0.2) is 88.7 Å². The Hall–Kier alpha value is -1.34. The van der Waals surface area contributed by atoms with Gasteiger partial charge in [0.2, 0.25) is 5.91 Å². The molecule has 1 fully saturated rings. The molecule has 146 valence electrons. The lowest BCUT2D eigenvalue weighted by Gasteiger charge is -2.25. The molecule has 1 aliphatic carbocycles. The lowest BCUT2D eigenvalue weighted by atomic mass is 9.96. The van der Waals surface area contributed by atoms with Gasteiger partial charge in [-0.3, -0.25) is 4.79 Å². The first-order valence-corrected chi connectivity index (χ1v) is 9.45. The average Bonchev–Trinajstić information content (AvgIpc) is 2.60. The fourth-order valence-electron chi connectivity index (χ4n) is 2.84. The summed E-state index contributed by atoms with van der Waals surface area (Å²) in [6.45, 7) is 3.71. The van der Waals surface area contributed by atoms with Gasteiger partial charge in [0.15, 0.2) is 5.96 Å². The maximum absolute atomic E-state index is 11.8. The Labute approximate surface area is 153 Å². The average molecular weight is 356 g/mol. The number of likely N-dealkylation sites (N-methyl/N-ethyl adjacent to an activating group) is 2. The third-order valence-electron chi connectivity index (χ3n) is 4.49. The maximum atomic E-state index is 11.8. The van der Waals surface area contributed by atoms with Crippen LogP contribution in [0.15, 0.2) is 4.99 Å². The molecule has 0 aromatic carbocycles. The molecule has 0 unspecified atom stereocenters. The van der Waals surface area contributed by atoms with Crippen LogP contribution in [0.25, 0.3) is 0 Å². The summed E-state index contributed by atoms with van der Waals surface area (Å²) in [5.74, 6) is 0.772. The van der Waals surface area contributed by atoms with Crippen LogP contribution in [0.2, 0.25) is 0 Å². The summed E-state index contributed by atoms with van der Waals surface area (Å²) < 4.78 is 5.09. The molecule has 1 rings (SSSR count). The molecular weight excluding hydrogens is 318 g/mol. The van der Waals surface area contributed by atoms with Crippen molar-refractivity contribution in [2.45, 2.75) is 44.6 Å². The number of hydrogen-bond donors (Lipinski definition) is 2. The number of carbonyl (C=O) groups is 1. The van der Waals surface area contributed by atoms with E-state index in [2.05, 4.69) is 27.6 Å². The first-order valence-electron chi connectivity index (χ1n) is 9.45. The summed E-state index contributed by atoms with van der Waals surface area (Å²) in [5, 5.41) is 6.88. The SMILES string of the molecule is COCCCN(C)CCNC(=NCC(=O)N(C)C)NC1CCCCC1. The van der Waals surface area contributed by atoms with Crippen molar-refractivity contribution in [3.63, 3.8) is 0 Å². The van der Waals surface area contributed by atoms with Crippen LogP contribution in [0.1, 0.15) is 38.5 Å². The first-order chi connectivity index (χ1) is 12.0. The minimum Gasteiger partial charge on any atom is -0.385 e. The minimum absolute atomic E-state index is 0.0152. The molecule has 1 saturated carbocycles. The summed E-state index contributed by atoms with van der Waals surface area (Å²) in [6, 6.07) is 0.467. The number of nitrogens with one attached hydrogen (secondary N) is 2. The number of ether oxygens (including phenoxy) is 1. The Morgan fingerprint density at radius 1 is 1.16 bits per heavy atom. The maximum Gasteiger partial charge on any atom is 0.243 e. The molecule has 0 spiro atoms. The molecule has 0 aromatic rings. The smallest absolute Gasteiger partial charge is 0.243 e. The van der Waals surface area contributed by atoms with Gasteiger partial charge in [-0.15, -0.1) is 0 Å². The van der Waals surface area contributed by atoms with E-state index < -0.39 is 0 Å². The molecule has 0 heterocycles. The fourth-order valence-corrected chi connectivity index (χ4v) is 2.84. The highest BCUT2D eigenvalue weighted by Crippen LogP contribution is 2.17. The molecule has 0 radical (unpaired) electrons. The predicted molar refractivity (Wildman–Crippen MR) is 103 cm³/mol. The first kappa shape index (κ1) is 21.7. The van der Waals surface area contributed by atoms with Gasteiger partial charge in [-0.1, -0.05) is 19.3 Å². The number of aliphatic imine (C=N–C) groups is 1. The molecule has 0 aromatic heterocycles. The Morgan fingerprint density at radius 3 is 2.52 bits per heavy atom. The molecule has 0 atom stereocenters. The van der Waals surface area contributed by atoms with Crippen LogP contribution in [0.4, 0.5) is 0 Å². The van der Waals surface area contributed by atoms with Crippen LogP contribution in [0, 0.1) is 0 Å². The minimum atomic E-state index is 0.0152. The normalized spacial score (nSPS) is 16.1. The molecule has 7 nitrogen and oxygen atoms in total. The van der Waals surface area contributed by atoms with Crippen molar-refractivity contribution in [1.29, 1.82) is 0 Å². The van der Waals surface area contributed by atoms with E-state index >= 15 is 0 Å². The Morgan fingerprint density at radius 2 is 1.88 bits per heavy atom. The van der Waals surface area contributed by atoms with Crippen LogP contribution >= 0.6 is 0 Å². The summed E-state index contributed by atoms with van der Waals surface area (Å²) >= 11 is 0. The van der Waals surface area contributed by atoms with Crippen molar-refractivity contribution in [3.8, 4) is 0 Å². The summed E-state index contributed by atoms with van der Waals surface area (Å²) in [5.41, 5.74) is 0. The zero-order valence-electron chi connectivity index (χ0n) is 16.5. The van der Waals surface area contributed by atoms with Gasteiger partial charge in [0.05, 0.1) is 0 Å². The number of amides is 1. The topological polar surface area (TPSA) is 69.2 Å². The number of methoxy groups -OCH3 is 1. The lowest BCUT2D eigenvalue weighted by Crippen LogP contribution is -2.46.